The molecule has 1 rings (SSSR count). The third-order valence-corrected chi connectivity index (χ3v) is 2.43. The summed E-state index contributed by atoms with van der Waals surface area (Å²) in [5, 5.41) is 3.06. The second-order valence-corrected chi connectivity index (χ2v) is 3.84. The summed E-state index contributed by atoms with van der Waals surface area (Å²) in [5.74, 6) is 0.858. The van der Waals surface area contributed by atoms with Gasteiger partial charge in [-0.2, -0.15) is 11.8 Å². The number of aryl methyl sites for hydroxylation is 1. The molecule has 0 amide bonds. The van der Waals surface area contributed by atoms with Crippen LogP contribution in [0.5, 0.6) is 0 Å². The minimum absolute atomic E-state index is 0.136. The van der Waals surface area contributed by atoms with Crippen molar-refractivity contribution in [2.75, 3.05) is 23.9 Å². The minimum atomic E-state index is -0.136. The normalized spacial score (nSPS) is 10.1. The Balaban J connectivity index is 2.61. The number of benzene rings is 1. The highest BCUT2D eigenvalue weighted by Gasteiger charge is 2.02. The van der Waals surface area contributed by atoms with Crippen molar-refractivity contribution < 1.29 is 4.39 Å². The van der Waals surface area contributed by atoms with Gasteiger partial charge in [-0.15, -0.1) is 0 Å². The van der Waals surface area contributed by atoms with E-state index in [1.54, 1.807) is 30.8 Å². The largest absolute Gasteiger partial charge is 0.382 e. The molecule has 1 nitrogen and oxygen atoms in total. The van der Waals surface area contributed by atoms with Crippen molar-refractivity contribution >= 4 is 17.4 Å². The standard InChI is InChI=1S/C10H14FNS/c1-8-4-3-5-9(10(8)11)12-6-7-13-2/h3-5,12H,6-7H2,1-2H3. The lowest BCUT2D eigenvalue weighted by Gasteiger charge is -2.07. The van der Waals surface area contributed by atoms with Crippen LogP contribution in [0.4, 0.5) is 10.1 Å². The highest BCUT2D eigenvalue weighted by molar-refractivity contribution is 7.98. The van der Waals surface area contributed by atoms with E-state index in [9.17, 15) is 4.39 Å². The van der Waals surface area contributed by atoms with Crippen LogP contribution in [0, 0.1) is 12.7 Å². The molecule has 0 saturated carbocycles. The highest BCUT2D eigenvalue weighted by atomic mass is 32.2. The second-order valence-electron chi connectivity index (χ2n) is 2.86. The number of anilines is 1. The zero-order valence-electron chi connectivity index (χ0n) is 7.93. The van der Waals surface area contributed by atoms with Crippen molar-refractivity contribution in [1.29, 1.82) is 0 Å². The molecule has 0 aliphatic heterocycles. The molecule has 0 bridgehead atoms. The van der Waals surface area contributed by atoms with Crippen LogP contribution in [0.2, 0.25) is 0 Å². The molecule has 0 radical (unpaired) electrons. The summed E-state index contributed by atoms with van der Waals surface area (Å²) in [6.07, 6.45) is 2.04. The van der Waals surface area contributed by atoms with E-state index in [-0.39, 0.29) is 5.82 Å². The first-order valence-corrected chi connectivity index (χ1v) is 5.63. The maximum absolute atomic E-state index is 13.4. The average molecular weight is 199 g/mol. The molecule has 0 saturated heterocycles. The first-order chi connectivity index (χ1) is 6.25. The maximum Gasteiger partial charge on any atom is 0.149 e. The third kappa shape index (κ3) is 2.92. The van der Waals surface area contributed by atoms with Crippen LogP contribution in [0.3, 0.4) is 0 Å². The van der Waals surface area contributed by atoms with E-state index in [1.807, 2.05) is 12.3 Å². The molecule has 0 aliphatic carbocycles. The van der Waals surface area contributed by atoms with Crippen LogP contribution in [0.15, 0.2) is 18.2 Å². The smallest absolute Gasteiger partial charge is 0.149 e. The first-order valence-electron chi connectivity index (χ1n) is 4.23. The van der Waals surface area contributed by atoms with E-state index >= 15 is 0 Å². The fourth-order valence-corrected chi connectivity index (χ4v) is 1.38. The Bertz CT molecular complexity index is 276. The number of thioether (sulfide) groups is 1. The van der Waals surface area contributed by atoms with Crippen molar-refractivity contribution in [3.63, 3.8) is 0 Å². The predicted molar refractivity (Wildman–Crippen MR) is 58.0 cm³/mol. The van der Waals surface area contributed by atoms with E-state index in [4.69, 9.17) is 0 Å². The molecule has 0 aliphatic rings. The van der Waals surface area contributed by atoms with Crippen LogP contribution in [-0.4, -0.2) is 18.6 Å². The van der Waals surface area contributed by atoms with Gasteiger partial charge in [0.05, 0.1) is 5.69 Å². The van der Waals surface area contributed by atoms with Gasteiger partial charge in [-0.3, -0.25) is 0 Å². The summed E-state index contributed by atoms with van der Waals surface area (Å²) < 4.78 is 13.4. The van der Waals surface area contributed by atoms with Gasteiger partial charge in [-0.25, -0.2) is 4.39 Å². The van der Waals surface area contributed by atoms with E-state index in [0.717, 1.165) is 12.3 Å². The molecule has 0 aromatic heterocycles. The monoisotopic (exact) mass is 199 g/mol. The fourth-order valence-electron chi connectivity index (χ4n) is 1.07. The van der Waals surface area contributed by atoms with Crippen LogP contribution in [0.25, 0.3) is 0 Å². The van der Waals surface area contributed by atoms with Crippen LogP contribution in [0.1, 0.15) is 5.56 Å². The van der Waals surface area contributed by atoms with Crippen molar-refractivity contribution in [2.45, 2.75) is 6.92 Å². The van der Waals surface area contributed by atoms with E-state index in [1.165, 1.54) is 0 Å². The topological polar surface area (TPSA) is 12.0 Å². The predicted octanol–water partition coefficient (Wildman–Crippen LogP) is 2.91. The van der Waals surface area contributed by atoms with Crippen molar-refractivity contribution in [3.8, 4) is 0 Å². The summed E-state index contributed by atoms with van der Waals surface area (Å²) in [6.45, 7) is 2.58. The van der Waals surface area contributed by atoms with Crippen molar-refractivity contribution in [3.05, 3.63) is 29.6 Å². The van der Waals surface area contributed by atoms with Crippen molar-refractivity contribution in [1.82, 2.24) is 0 Å². The molecule has 1 aromatic rings. The van der Waals surface area contributed by atoms with Gasteiger partial charge >= 0.3 is 0 Å². The Labute approximate surface area is 82.7 Å². The van der Waals surface area contributed by atoms with Gasteiger partial charge in [0.2, 0.25) is 0 Å². The van der Waals surface area contributed by atoms with Crippen LogP contribution in [-0.2, 0) is 0 Å². The number of hydrogen-bond acceptors (Lipinski definition) is 2. The fraction of sp³-hybridized carbons (Fsp3) is 0.400. The van der Waals surface area contributed by atoms with Gasteiger partial charge in [-0.1, -0.05) is 12.1 Å². The molecule has 13 heavy (non-hydrogen) atoms. The molecule has 72 valence electrons. The van der Waals surface area contributed by atoms with Crippen LogP contribution >= 0.6 is 11.8 Å². The molecule has 0 fully saturated rings. The summed E-state index contributed by atoms with van der Waals surface area (Å²) in [4.78, 5) is 0. The average Bonchev–Trinajstić information content (AvgIpc) is 2.13. The number of hydrogen-bond donors (Lipinski definition) is 1. The van der Waals surface area contributed by atoms with E-state index < -0.39 is 0 Å². The van der Waals surface area contributed by atoms with Crippen molar-refractivity contribution in [2.24, 2.45) is 0 Å². The zero-order valence-corrected chi connectivity index (χ0v) is 8.75. The van der Waals surface area contributed by atoms with Gasteiger partial charge in [0.15, 0.2) is 0 Å². The molecule has 0 spiro atoms. The molecule has 1 N–H and O–H groups in total. The Morgan fingerprint density at radius 2 is 2.23 bits per heavy atom. The minimum Gasteiger partial charge on any atom is -0.382 e. The molecule has 0 atom stereocenters. The van der Waals surface area contributed by atoms with E-state index in [0.29, 0.717) is 11.3 Å². The molecule has 1 aromatic carbocycles. The highest BCUT2D eigenvalue weighted by Crippen LogP contribution is 2.16. The lowest BCUT2D eigenvalue weighted by molar-refractivity contribution is 0.621. The molecular formula is C10H14FNS. The quantitative estimate of drug-likeness (QED) is 0.748. The molecule has 0 heterocycles. The summed E-state index contributed by atoms with van der Waals surface area (Å²) >= 11 is 1.75. The van der Waals surface area contributed by atoms with Crippen LogP contribution < -0.4 is 5.32 Å². The Kier molecular flexibility index (Phi) is 4.09. The SMILES string of the molecule is CSCCNc1cccc(C)c1F. The van der Waals surface area contributed by atoms with Gasteiger partial charge in [0.25, 0.3) is 0 Å². The maximum atomic E-state index is 13.4. The summed E-state index contributed by atoms with van der Waals surface area (Å²) in [5.41, 5.74) is 1.29. The van der Waals surface area contributed by atoms with Gasteiger partial charge in [0.1, 0.15) is 5.82 Å². The van der Waals surface area contributed by atoms with Gasteiger partial charge in [0, 0.05) is 12.3 Å². The Morgan fingerprint density at radius 1 is 1.46 bits per heavy atom. The van der Waals surface area contributed by atoms with E-state index in [2.05, 4.69) is 5.32 Å². The third-order valence-electron chi connectivity index (χ3n) is 1.81. The first kappa shape index (κ1) is 10.4. The molecule has 0 unspecified atom stereocenters. The number of nitrogens with one attached hydrogen (secondary N) is 1. The Morgan fingerprint density at radius 3 is 2.92 bits per heavy atom. The number of rotatable bonds is 4. The molecule has 3 heteroatoms. The summed E-state index contributed by atoms with van der Waals surface area (Å²) in [7, 11) is 0. The lowest BCUT2D eigenvalue weighted by Crippen LogP contribution is -2.05. The zero-order chi connectivity index (χ0) is 9.68. The second kappa shape index (κ2) is 5.12. The van der Waals surface area contributed by atoms with Gasteiger partial charge in [-0.05, 0) is 24.8 Å². The molecular weight excluding hydrogens is 185 g/mol. The summed E-state index contributed by atoms with van der Waals surface area (Å²) in [6, 6.07) is 5.40. The van der Waals surface area contributed by atoms with Gasteiger partial charge < -0.3 is 5.32 Å². The lowest BCUT2D eigenvalue weighted by atomic mass is 10.2. The Hall–Kier alpha value is -0.700. The number of halogens is 1.